The number of methoxy groups -OCH3 is 1. The molecule has 0 N–H and O–H groups in total. The first-order valence-electron chi connectivity index (χ1n) is 5.55. The Bertz CT molecular complexity index is 345. The van der Waals surface area contributed by atoms with Crippen LogP contribution in [0, 0.1) is 0 Å². The van der Waals surface area contributed by atoms with Gasteiger partial charge >= 0.3 is 0 Å². The van der Waals surface area contributed by atoms with Gasteiger partial charge in [0.05, 0.1) is 13.2 Å². The van der Waals surface area contributed by atoms with Gasteiger partial charge in [-0.15, -0.1) is 0 Å². The Labute approximate surface area is 110 Å². The minimum absolute atomic E-state index is 0.238. The summed E-state index contributed by atoms with van der Waals surface area (Å²) in [6, 6.07) is 8.19. The normalized spacial score (nSPS) is 30.1. The summed E-state index contributed by atoms with van der Waals surface area (Å²) in [5.41, 5.74) is 1.25. The molecule has 0 aromatic heterocycles. The molecule has 1 saturated heterocycles. The van der Waals surface area contributed by atoms with Gasteiger partial charge in [-0.3, -0.25) is 0 Å². The number of halogens is 1. The number of hydrogen-bond acceptors (Lipinski definition) is 2. The van der Waals surface area contributed by atoms with E-state index < -0.39 is 0 Å². The molecule has 0 aliphatic carbocycles. The zero-order valence-corrected chi connectivity index (χ0v) is 11.9. The molecule has 0 spiro atoms. The number of hydrogen-bond donors (Lipinski definition) is 0. The third-order valence-corrected chi connectivity index (χ3v) is 4.02. The third-order valence-electron chi connectivity index (χ3n) is 3.04. The van der Waals surface area contributed by atoms with Crippen LogP contribution in [-0.4, -0.2) is 17.1 Å². The van der Waals surface area contributed by atoms with Gasteiger partial charge in [0.1, 0.15) is 5.75 Å². The fourth-order valence-electron chi connectivity index (χ4n) is 1.99. The molecule has 1 aromatic carbocycles. The van der Waals surface area contributed by atoms with E-state index in [1.165, 1.54) is 5.56 Å². The first-order chi connectivity index (χ1) is 7.61. The van der Waals surface area contributed by atoms with E-state index in [0.29, 0.717) is 3.42 Å². The topological polar surface area (TPSA) is 18.5 Å². The van der Waals surface area contributed by atoms with Crippen LogP contribution in [0.15, 0.2) is 24.3 Å². The molecule has 1 aliphatic rings. The van der Waals surface area contributed by atoms with Gasteiger partial charge in [-0.25, -0.2) is 0 Å². The van der Waals surface area contributed by atoms with E-state index >= 15 is 0 Å². The summed E-state index contributed by atoms with van der Waals surface area (Å²) >= 11 is 2.54. The standard InChI is InChI=1S/C13H17IO2/c1-13(14)7-8-16-12(9-13)10-3-5-11(15-2)6-4-10/h3-6,12H,7-9H2,1-2H3. The summed E-state index contributed by atoms with van der Waals surface area (Å²) in [7, 11) is 1.69. The maximum atomic E-state index is 5.83. The molecule has 88 valence electrons. The smallest absolute Gasteiger partial charge is 0.118 e. The Kier molecular flexibility index (Phi) is 3.74. The average molecular weight is 332 g/mol. The molecule has 0 saturated carbocycles. The van der Waals surface area contributed by atoms with Crippen molar-refractivity contribution in [2.75, 3.05) is 13.7 Å². The summed E-state index contributed by atoms with van der Waals surface area (Å²) in [5.74, 6) is 0.900. The van der Waals surface area contributed by atoms with Crippen LogP contribution in [0.4, 0.5) is 0 Å². The summed E-state index contributed by atoms with van der Waals surface area (Å²) in [5, 5.41) is 0. The first-order valence-corrected chi connectivity index (χ1v) is 6.63. The second-order valence-electron chi connectivity index (χ2n) is 4.50. The van der Waals surface area contributed by atoms with Crippen LogP contribution < -0.4 is 4.74 Å². The summed E-state index contributed by atoms with van der Waals surface area (Å²) < 4.78 is 11.3. The van der Waals surface area contributed by atoms with Crippen molar-refractivity contribution in [3.63, 3.8) is 0 Å². The highest BCUT2D eigenvalue weighted by Crippen LogP contribution is 2.39. The molecular formula is C13H17IO2. The number of rotatable bonds is 2. The van der Waals surface area contributed by atoms with Gasteiger partial charge in [0.2, 0.25) is 0 Å². The maximum Gasteiger partial charge on any atom is 0.118 e. The van der Waals surface area contributed by atoms with Crippen LogP contribution in [0.2, 0.25) is 0 Å². The van der Waals surface area contributed by atoms with Crippen molar-refractivity contribution in [2.24, 2.45) is 0 Å². The molecule has 2 unspecified atom stereocenters. The Morgan fingerprint density at radius 2 is 2.06 bits per heavy atom. The lowest BCUT2D eigenvalue weighted by atomic mass is 9.93. The summed E-state index contributed by atoms with van der Waals surface area (Å²) in [6.07, 6.45) is 2.46. The molecule has 2 rings (SSSR count). The Morgan fingerprint density at radius 3 is 2.62 bits per heavy atom. The summed E-state index contributed by atoms with van der Waals surface area (Å²) in [4.78, 5) is 0. The van der Waals surface area contributed by atoms with Gasteiger partial charge in [-0.1, -0.05) is 41.6 Å². The van der Waals surface area contributed by atoms with Crippen LogP contribution in [-0.2, 0) is 4.74 Å². The fraction of sp³-hybridized carbons (Fsp3) is 0.538. The maximum absolute atomic E-state index is 5.83. The summed E-state index contributed by atoms with van der Waals surface area (Å²) in [6.45, 7) is 3.16. The van der Waals surface area contributed by atoms with E-state index in [4.69, 9.17) is 9.47 Å². The van der Waals surface area contributed by atoms with Crippen LogP contribution in [0.1, 0.15) is 31.4 Å². The average Bonchev–Trinajstić information content (AvgIpc) is 2.28. The molecule has 1 heterocycles. The highest BCUT2D eigenvalue weighted by molar-refractivity contribution is 14.1. The molecule has 0 bridgehead atoms. The molecule has 16 heavy (non-hydrogen) atoms. The van der Waals surface area contributed by atoms with Crippen LogP contribution in [0.5, 0.6) is 5.75 Å². The van der Waals surface area contributed by atoms with Gasteiger partial charge in [-0.05, 0) is 30.5 Å². The van der Waals surface area contributed by atoms with Crippen LogP contribution >= 0.6 is 22.6 Å². The molecule has 3 heteroatoms. The van der Waals surface area contributed by atoms with Crippen molar-refractivity contribution in [3.05, 3.63) is 29.8 Å². The molecule has 1 fully saturated rings. The van der Waals surface area contributed by atoms with Crippen molar-refractivity contribution >= 4 is 22.6 Å². The van der Waals surface area contributed by atoms with Crippen LogP contribution in [0.3, 0.4) is 0 Å². The third kappa shape index (κ3) is 2.88. The Morgan fingerprint density at radius 1 is 1.38 bits per heavy atom. The van der Waals surface area contributed by atoms with E-state index in [-0.39, 0.29) is 6.10 Å². The molecule has 2 atom stereocenters. The predicted octanol–water partition coefficient (Wildman–Crippen LogP) is 3.74. The van der Waals surface area contributed by atoms with Gasteiger partial charge in [0, 0.05) is 10.0 Å². The quantitative estimate of drug-likeness (QED) is 0.607. The molecule has 1 aromatic rings. The second-order valence-corrected chi connectivity index (χ2v) is 7.10. The van der Waals surface area contributed by atoms with Crippen molar-refractivity contribution in [1.82, 2.24) is 0 Å². The Balaban J connectivity index is 2.11. The fourth-order valence-corrected chi connectivity index (χ4v) is 2.61. The van der Waals surface area contributed by atoms with Crippen LogP contribution in [0.25, 0.3) is 0 Å². The lowest BCUT2D eigenvalue weighted by molar-refractivity contribution is 0.00540. The highest BCUT2D eigenvalue weighted by atomic mass is 127. The zero-order valence-electron chi connectivity index (χ0n) is 9.70. The van der Waals surface area contributed by atoms with E-state index in [1.54, 1.807) is 7.11 Å². The molecule has 2 nitrogen and oxygen atoms in total. The number of benzene rings is 1. The SMILES string of the molecule is COc1ccc(C2CC(C)(I)CCO2)cc1. The lowest BCUT2D eigenvalue weighted by Gasteiger charge is -2.34. The van der Waals surface area contributed by atoms with Gasteiger partial charge in [-0.2, -0.15) is 0 Å². The number of alkyl halides is 1. The van der Waals surface area contributed by atoms with Gasteiger partial charge in [0.15, 0.2) is 0 Å². The lowest BCUT2D eigenvalue weighted by Crippen LogP contribution is -2.28. The first kappa shape index (κ1) is 12.2. The predicted molar refractivity (Wildman–Crippen MR) is 73.3 cm³/mol. The molecule has 0 radical (unpaired) electrons. The zero-order chi connectivity index (χ0) is 11.6. The van der Waals surface area contributed by atoms with E-state index in [2.05, 4.69) is 41.6 Å². The molecule has 1 aliphatic heterocycles. The van der Waals surface area contributed by atoms with Crippen molar-refractivity contribution in [3.8, 4) is 5.75 Å². The minimum atomic E-state index is 0.238. The van der Waals surface area contributed by atoms with Crippen molar-refractivity contribution < 1.29 is 9.47 Å². The van der Waals surface area contributed by atoms with Crippen molar-refractivity contribution in [2.45, 2.75) is 29.3 Å². The second kappa shape index (κ2) is 4.92. The highest BCUT2D eigenvalue weighted by Gasteiger charge is 2.30. The Hall–Kier alpha value is -0.290. The van der Waals surface area contributed by atoms with Gasteiger partial charge < -0.3 is 9.47 Å². The number of ether oxygens (including phenoxy) is 2. The monoisotopic (exact) mass is 332 g/mol. The molecular weight excluding hydrogens is 315 g/mol. The van der Waals surface area contributed by atoms with E-state index in [0.717, 1.165) is 25.2 Å². The largest absolute Gasteiger partial charge is 0.497 e. The van der Waals surface area contributed by atoms with E-state index in [1.807, 2.05) is 12.1 Å². The van der Waals surface area contributed by atoms with E-state index in [9.17, 15) is 0 Å². The minimum Gasteiger partial charge on any atom is -0.497 e. The van der Waals surface area contributed by atoms with Gasteiger partial charge in [0.25, 0.3) is 0 Å². The van der Waals surface area contributed by atoms with Crippen molar-refractivity contribution in [1.29, 1.82) is 0 Å². The molecule has 0 amide bonds.